The van der Waals surface area contributed by atoms with E-state index in [0.29, 0.717) is 20.0 Å². The second kappa shape index (κ2) is 11.5. The van der Waals surface area contributed by atoms with Crippen LogP contribution in [-0.2, 0) is 16.6 Å². The first kappa shape index (κ1) is 30.8. The minimum Gasteiger partial charge on any atom is -0.389 e. The largest absolute Gasteiger partial charge is 0.511 e. The molecule has 42 heavy (non-hydrogen) atoms. The molecule has 1 aliphatic heterocycles. The van der Waals surface area contributed by atoms with Crippen molar-refractivity contribution in [2.45, 2.75) is 56.2 Å². The SMILES string of the molecule is CC(C)(O)Cn1nc(C2CCN(S(=O)(=O)C(F)(F)F)CC2)c2cc(C(c3ccc(Cl)cc3)c3ccc(Cl)cc3)ccc21. The molecule has 5 rings (SSSR count). The van der Waals surface area contributed by atoms with Crippen LogP contribution in [0.4, 0.5) is 13.2 Å². The second-order valence-electron chi connectivity index (χ2n) is 11.3. The fraction of sp³-hybridized carbons (Fsp3) is 0.367. The van der Waals surface area contributed by atoms with E-state index in [1.54, 1.807) is 18.5 Å². The third kappa shape index (κ3) is 6.33. The fourth-order valence-electron chi connectivity index (χ4n) is 5.59. The van der Waals surface area contributed by atoms with Gasteiger partial charge >= 0.3 is 15.5 Å². The van der Waals surface area contributed by atoms with Gasteiger partial charge in [0.15, 0.2) is 0 Å². The molecular weight excluding hydrogens is 610 g/mol. The first-order chi connectivity index (χ1) is 19.6. The van der Waals surface area contributed by atoms with E-state index in [1.807, 2.05) is 66.7 Å². The molecule has 6 nitrogen and oxygen atoms in total. The van der Waals surface area contributed by atoms with Crippen LogP contribution in [0.1, 0.15) is 60.9 Å². The molecule has 1 fully saturated rings. The molecule has 0 radical (unpaired) electrons. The fourth-order valence-corrected chi connectivity index (χ4v) is 6.83. The van der Waals surface area contributed by atoms with Gasteiger partial charge < -0.3 is 5.11 Å². The normalized spacial score (nSPS) is 16.0. The molecule has 4 aromatic rings. The predicted octanol–water partition coefficient (Wildman–Crippen LogP) is 7.32. The number of alkyl halides is 3. The number of nitrogens with zero attached hydrogens (tertiary/aromatic N) is 3. The monoisotopic (exact) mass is 639 g/mol. The van der Waals surface area contributed by atoms with Gasteiger partial charge in [-0.05, 0) is 79.8 Å². The van der Waals surface area contributed by atoms with Crippen molar-refractivity contribution in [3.05, 3.63) is 99.2 Å². The molecular formula is C30H30Cl2F3N3O3S. The number of fused-ring (bicyclic) bond motifs is 1. The van der Waals surface area contributed by atoms with E-state index in [2.05, 4.69) is 0 Å². The van der Waals surface area contributed by atoms with Gasteiger partial charge in [-0.25, -0.2) is 8.42 Å². The second-order valence-corrected chi connectivity index (χ2v) is 14.1. The Labute approximate surface area is 252 Å². The van der Waals surface area contributed by atoms with Crippen molar-refractivity contribution < 1.29 is 26.7 Å². The summed E-state index contributed by atoms with van der Waals surface area (Å²) >= 11 is 12.4. The number of rotatable bonds is 7. The first-order valence-electron chi connectivity index (χ1n) is 13.4. The lowest BCUT2D eigenvalue weighted by Gasteiger charge is -2.31. The van der Waals surface area contributed by atoms with E-state index >= 15 is 0 Å². The third-order valence-corrected chi connectivity index (χ3v) is 9.69. The van der Waals surface area contributed by atoms with Crippen molar-refractivity contribution >= 4 is 44.1 Å². The van der Waals surface area contributed by atoms with Gasteiger partial charge in [-0.15, -0.1) is 0 Å². The van der Waals surface area contributed by atoms with Crippen LogP contribution in [0.5, 0.6) is 0 Å². The van der Waals surface area contributed by atoms with Crippen molar-refractivity contribution in [3.8, 4) is 0 Å². The average molecular weight is 641 g/mol. The summed E-state index contributed by atoms with van der Waals surface area (Å²) in [5.41, 5.74) is -2.02. The molecule has 0 bridgehead atoms. The van der Waals surface area contributed by atoms with E-state index in [4.69, 9.17) is 28.3 Å². The highest BCUT2D eigenvalue weighted by atomic mass is 35.5. The summed E-state index contributed by atoms with van der Waals surface area (Å²) in [6, 6.07) is 21.1. The summed E-state index contributed by atoms with van der Waals surface area (Å²) in [4.78, 5) is 0. The molecule has 1 aromatic heterocycles. The molecule has 1 aliphatic rings. The zero-order chi connectivity index (χ0) is 30.4. The van der Waals surface area contributed by atoms with Crippen molar-refractivity contribution in [2.75, 3.05) is 13.1 Å². The topological polar surface area (TPSA) is 75.4 Å². The van der Waals surface area contributed by atoms with Gasteiger partial charge in [-0.2, -0.15) is 22.6 Å². The standard InChI is InChI=1S/C30H30Cl2F3N3O3S/c1-29(2,39)18-38-26-12-7-22(27(19-3-8-23(31)9-4-19)20-5-10-24(32)11-6-20)17-25(26)28(36-38)21-13-15-37(16-14-21)42(40,41)30(33,34)35/h3-12,17,21,27,39H,13-16,18H2,1-2H3. The van der Waals surface area contributed by atoms with Gasteiger partial charge in [0.05, 0.1) is 23.4 Å². The minimum absolute atomic E-state index is 0.186. The maximum absolute atomic E-state index is 13.2. The number of piperidine rings is 1. The predicted molar refractivity (Wildman–Crippen MR) is 158 cm³/mol. The first-order valence-corrected chi connectivity index (χ1v) is 15.6. The molecule has 0 spiro atoms. The van der Waals surface area contributed by atoms with Gasteiger partial charge in [0.1, 0.15) is 0 Å². The zero-order valence-corrected chi connectivity index (χ0v) is 25.3. The summed E-state index contributed by atoms with van der Waals surface area (Å²) in [5.74, 6) is -0.455. The molecule has 224 valence electrons. The van der Waals surface area contributed by atoms with E-state index in [0.717, 1.165) is 27.6 Å². The molecule has 2 heterocycles. The smallest absolute Gasteiger partial charge is 0.389 e. The highest BCUT2D eigenvalue weighted by Gasteiger charge is 2.50. The zero-order valence-electron chi connectivity index (χ0n) is 22.9. The van der Waals surface area contributed by atoms with Gasteiger partial charge in [0.2, 0.25) is 0 Å². The molecule has 1 N–H and O–H groups in total. The number of benzene rings is 3. The van der Waals surface area contributed by atoms with E-state index in [-0.39, 0.29) is 44.3 Å². The van der Waals surface area contributed by atoms with Crippen LogP contribution in [0.2, 0.25) is 10.0 Å². The van der Waals surface area contributed by atoms with Crippen molar-refractivity contribution in [3.63, 3.8) is 0 Å². The Balaban J connectivity index is 1.59. The lowest BCUT2D eigenvalue weighted by molar-refractivity contribution is -0.0494. The average Bonchev–Trinajstić information content (AvgIpc) is 3.26. The Kier molecular flexibility index (Phi) is 8.41. The highest BCUT2D eigenvalue weighted by molar-refractivity contribution is 7.90. The molecule has 3 aromatic carbocycles. The Bertz CT molecular complexity index is 1630. The summed E-state index contributed by atoms with van der Waals surface area (Å²) in [6.45, 7) is 3.02. The molecule has 0 unspecified atom stereocenters. The molecule has 0 aliphatic carbocycles. The summed E-state index contributed by atoms with van der Waals surface area (Å²) in [6.07, 6.45) is 0.373. The maximum atomic E-state index is 13.2. The number of hydrogen-bond donors (Lipinski definition) is 1. The molecule has 1 saturated heterocycles. The maximum Gasteiger partial charge on any atom is 0.511 e. The Morgan fingerprint density at radius 2 is 1.40 bits per heavy atom. The van der Waals surface area contributed by atoms with Crippen LogP contribution in [0.3, 0.4) is 0 Å². The Morgan fingerprint density at radius 3 is 1.88 bits per heavy atom. The van der Waals surface area contributed by atoms with Crippen molar-refractivity contribution in [2.24, 2.45) is 0 Å². The quantitative estimate of drug-likeness (QED) is 0.215. The number of aliphatic hydroxyl groups is 1. The summed E-state index contributed by atoms with van der Waals surface area (Å²) in [5, 5.41) is 17.4. The van der Waals surface area contributed by atoms with Gasteiger partial charge in [-0.3, -0.25) is 4.68 Å². The highest BCUT2D eigenvalue weighted by Crippen LogP contribution is 2.39. The number of sulfonamides is 1. The minimum atomic E-state index is -5.40. The van der Waals surface area contributed by atoms with Gasteiger partial charge in [0.25, 0.3) is 0 Å². The van der Waals surface area contributed by atoms with Crippen LogP contribution in [0, 0.1) is 0 Å². The molecule has 0 saturated carbocycles. The molecule has 12 heteroatoms. The Hall–Kier alpha value is -2.63. The summed E-state index contributed by atoms with van der Waals surface area (Å²) < 4.78 is 65.7. The van der Waals surface area contributed by atoms with Crippen LogP contribution in [-0.4, -0.2) is 51.8 Å². The van der Waals surface area contributed by atoms with Crippen molar-refractivity contribution in [1.29, 1.82) is 0 Å². The van der Waals surface area contributed by atoms with Crippen LogP contribution in [0.25, 0.3) is 10.9 Å². The van der Waals surface area contributed by atoms with Gasteiger partial charge in [-0.1, -0.05) is 53.5 Å². The van der Waals surface area contributed by atoms with Crippen LogP contribution in [0.15, 0.2) is 66.7 Å². The molecule has 0 amide bonds. The lowest BCUT2D eigenvalue weighted by Crippen LogP contribution is -2.44. The van der Waals surface area contributed by atoms with Crippen molar-refractivity contribution in [1.82, 2.24) is 14.1 Å². The van der Waals surface area contributed by atoms with Crippen LogP contribution < -0.4 is 0 Å². The van der Waals surface area contributed by atoms with Gasteiger partial charge in [0, 0.05) is 40.4 Å². The van der Waals surface area contributed by atoms with E-state index < -0.39 is 21.1 Å². The Morgan fingerprint density at radius 1 is 0.905 bits per heavy atom. The van der Waals surface area contributed by atoms with Crippen LogP contribution >= 0.6 is 23.2 Å². The molecule has 0 atom stereocenters. The summed E-state index contributed by atoms with van der Waals surface area (Å²) in [7, 11) is -5.40. The number of aromatic nitrogens is 2. The number of hydrogen-bond acceptors (Lipinski definition) is 4. The lowest BCUT2D eigenvalue weighted by atomic mass is 9.84. The van der Waals surface area contributed by atoms with E-state index in [9.17, 15) is 26.7 Å². The third-order valence-electron chi connectivity index (χ3n) is 7.55. The number of halogens is 5. The van der Waals surface area contributed by atoms with E-state index in [1.165, 1.54) is 0 Å².